The lowest BCUT2D eigenvalue weighted by atomic mass is 9.85. The van der Waals surface area contributed by atoms with E-state index in [0.717, 1.165) is 0 Å². The van der Waals surface area contributed by atoms with E-state index in [9.17, 15) is 0 Å². The number of aryl methyl sites for hydroxylation is 2. The molecule has 0 saturated carbocycles. The Balaban J connectivity index is 1.74. The topological polar surface area (TPSA) is 0 Å². The third-order valence-electron chi connectivity index (χ3n) is 8.51. The zero-order chi connectivity index (χ0) is 22.3. The number of hydrogen-bond acceptors (Lipinski definition) is 0. The maximum absolute atomic E-state index is 2.44. The van der Waals surface area contributed by atoms with Gasteiger partial charge in [-0.3, -0.25) is 0 Å². The highest BCUT2D eigenvalue weighted by Crippen LogP contribution is 2.45. The molecule has 156 valence electrons. The molecule has 0 amide bonds. The second-order valence-corrected chi connectivity index (χ2v) is 10.1. The quantitative estimate of drug-likeness (QED) is 0.169. The molecule has 0 radical (unpaired) electrons. The molecule has 34 heavy (non-hydrogen) atoms. The van der Waals surface area contributed by atoms with Gasteiger partial charge in [-0.1, -0.05) is 84.9 Å². The van der Waals surface area contributed by atoms with Crippen molar-refractivity contribution in [3.8, 4) is 0 Å². The molecular formula is C34H20. The van der Waals surface area contributed by atoms with Crippen LogP contribution in [0.15, 0.2) is 84.9 Å². The standard InChI is InChI=1S/C34H20/c1-17-15-27-21-9-5-3-7-19(21)23-12-14-26-30-18(2)16-28-22-10-6-4-8-20(22)24-11-13-25(34(30)32(24)28)29(17)33(26)31(23)27/h3-16H,1-2H3. The van der Waals surface area contributed by atoms with E-state index in [1.807, 2.05) is 0 Å². The largest absolute Gasteiger partial charge is 0.0616 e. The van der Waals surface area contributed by atoms with E-state index >= 15 is 0 Å². The molecule has 2 aliphatic carbocycles. The first kappa shape index (κ1) is 17.3. The third-order valence-corrected chi connectivity index (χ3v) is 8.51. The molecule has 0 spiro atoms. The third kappa shape index (κ3) is 1.72. The highest BCUT2D eigenvalue weighted by molar-refractivity contribution is 6.34. The first-order chi connectivity index (χ1) is 16.7. The number of rotatable bonds is 0. The Morgan fingerprint density at radius 1 is 0.324 bits per heavy atom. The molecule has 0 heterocycles. The van der Waals surface area contributed by atoms with Crippen LogP contribution >= 0.6 is 0 Å². The molecule has 0 heteroatoms. The van der Waals surface area contributed by atoms with Gasteiger partial charge in [0.2, 0.25) is 0 Å². The molecule has 0 nitrogen and oxygen atoms in total. The van der Waals surface area contributed by atoms with E-state index in [4.69, 9.17) is 0 Å². The van der Waals surface area contributed by atoms with Gasteiger partial charge in [0.25, 0.3) is 0 Å². The van der Waals surface area contributed by atoms with Crippen LogP contribution in [0.3, 0.4) is 0 Å². The molecule has 0 fully saturated rings. The molecule has 0 aromatic heterocycles. The van der Waals surface area contributed by atoms with Gasteiger partial charge in [0.05, 0.1) is 0 Å². The Morgan fingerprint density at radius 2 is 0.706 bits per heavy atom. The van der Waals surface area contributed by atoms with Gasteiger partial charge >= 0.3 is 0 Å². The van der Waals surface area contributed by atoms with Gasteiger partial charge in [0, 0.05) is 0 Å². The molecule has 0 unspecified atom stereocenters. The first-order valence-corrected chi connectivity index (χ1v) is 12.1. The van der Waals surface area contributed by atoms with E-state index in [1.54, 1.807) is 0 Å². The van der Waals surface area contributed by atoms with Gasteiger partial charge in [-0.15, -0.1) is 0 Å². The van der Waals surface area contributed by atoms with Crippen molar-refractivity contribution in [3.63, 3.8) is 0 Å². The Kier molecular flexibility index (Phi) is 2.80. The van der Waals surface area contributed by atoms with Crippen molar-refractivity contribution in [2.24, 2.45) is 0 Å². The molecule has 0 atom stereocenters. The Labute approximate surface area is 194 Å². The minimum atomic E-state index is 1.37. The van der Waals surface area contributed by atoms with Crippen LogP contribution in [0.2, 0.25) is 0 Å². The molecule has 0 saturated heterocycles. The zero-order valence-electron chi connectivity index (χ0n) is 19.1. The lowest BCUT2D eigenvalue weighted by molar-refractivity contribution is 1.47. The molecule has 0 N–H and O–H groups in total. The average molecular weight is 429 g/mol. The first-order valence-electron chi connectivity index (χ1n) is 12.1. The van der Waals surface area contributed by atoms with Crippen LogP contribution in [0.25, 0.3) is 43.1 Å². The predicted octanol–water partition coefficient (Wildman–Crippen LogP) is 8.13. The molecule has 2 aliphatic rings. The Hall–Kier alpha value is -4.16. The van der Waals surface area contributed by atoms with Crippen molar-refractivity contribution in [1.82, 2.24) is 0 Å². The van der Waals surface area contributed by atoms with Gasteiger partial charge in [-0.05, 0) is 110 Å². The Morgan fingerprint density at radius 3 is 1.12 bits per heavy atom. The monoisotopic (exact) mass is 428 g/mol. The summed E-state index contributed by atoms with van der Waals surface area (Å²) in [7, 11) is 0. The van der Waals surface area contributed by atoms with Crippen LogP contribution in [-0.4, -0.2) is 0 Å². The molecule has 7 aromatic carbocycles. The SMILES string of the molecule is Cc1cc2c3c(ccc4c5c(C)cc6c7c(ccc(c1c34)c75)=c1ccccc1=6)=c1ccccc1=2. The van der Waals surface area contributed by atoms with Crippen LogP contribution in [0.1, 0.15) is 11.1 Å². The second kappa shape index (κ2) is 5.48. The Bertz CT molecular complexity index is 2320. The van der Waals surface area contributed by atoms with E-state index in [1.165, 1.54) is 96.0 Å². The van der Waals surface area contributed by atoms with Crippen molar-refractivity contribution in [2.75, 3.05) is 0 Å². The van der Waals surface area contributed by atoms with Crippen LogP contribution in [0, 0.1) is 55.6 Å². The second-order valence-electron chi connectivity index (χ2n) is 10.1. The normalized spacial score (nSPS) is 13.0. The van der Waals surface area contributed by atoms with Crippen LogP contribution in [0.4, 0.5) is 0 Å². The summed E-state index contributed by atoms with van der Waals surface area (Å²) < 4.78 is 0. The lowest BCUT2D eigenvalue weighted by Gasteiger charge is -2.18. The van der Waals surface area contributed by atoms with Crippen molar-refractivity contribution in [2.45, 2.75) is 13.8 Å². The summed E-state index contributed by atoms with van der Waals surface area (Å²) in [4.78, 5) is 0. The fourth-order valence-corrected chi connectivity index (χ4v) is 7.29. The fraction of sp³-hybridized carbons (Fsp3) is 0.0588. The number of fused-ring (bicyclic) bond motifs is 4. The van der Waals surface area contributed by atoms with E-state index < -0.39 is 0 Å². The van der Waals surface area contributed by atoms with E-state index in [0.29, 0.717) is 0 Å². The van der Waals surface area contributed by atoms with Gasteiger partial charge < -0.3 is 0 Å². The molecule has 0 aliphatic heterocycles. The van der Waals surface area contributed by atoms with Gasteiger partial charge in [-0.25, -0.2) is 0 Å². The van der Waals surface area contributed by atoms with Crippen molar-refractivity contribution >= 4 is 43.1 Å². The number of hydrogen-bond donors (Lipinski definition) is 0. The lowest BCUT2D eigenvalue weighted by Crippen LogP contribution is -1.93. The highest BCUT2D eigenvalue weighted by atomic mass is 14.2. The predicted molar refractivity (Wildman–Crippen MR) is 141 cm³/mol. The maximum atomic E-state index is 2.44. The maximum Gasteiger partial charge on any atom is -0.00111 e. The van der Waals surface area contributed by atoms with Crippen LogP contribution in [0.5, 0.6) is 0 Å². The van der Waals surface area contributed by atoms with Gasteiger partial charge in [-0.2, -0.15) is 0 Å². The van der Waals surface area contributed by atoms with Crippen molar-refractivity contribution in [1.29, 1.82) is 0 Å². The summed E-state index contributed by atoms with van der Waals surface area (Å²) in [6.07, 6.45) is 0. The molecule has 0 bridgehead atoms. The fourth-order valence-electron chi connectivity index (χ4n) is 7.29. The van der Waals surface area contributed by atoms with Crippen molar-refractivity contribution < 1.29 is 0 Å². The van der Waals surface area contributed by atoms with Gasteiger partial charge in [0.15, 0.2) is 0 Å². The van der Waals surface area contributed by atoms with Crippen LogP contribution < -0.4 is 0 Å². The summed E-state index contributed by atoms with van der Waals surface area (Å²) in [6.45, 7) is 4.61. The summed E-state index contributed by atoms with van der Waals surface area (Å²) >= 11 is 0. The summed E-state index contributed by atoms with van der Waals surface area (Å²) in [5, 5.41) is 22.4. The zero-order valence-corrected chi connectivity index (χ0v) is 19.1. The van der Waals surface area contributed by atoms with Crippen LogP contribution in [-0.2, 0) is 0 Å². The minimum Gasteiger partial charge on any atom is -0.0616 e. The molecule has 9 rings (SSSR count). The molecule has 7 aromatic rings. The average Bonchev–Trinajstić information content (AvgIpc) is 3.36. The summed E-state index contributed by atoms with van der Waals surface area (Å²) in [5.41, 5.74) is 2.74. The van der Waals surface area contributed by atoms with E-state index in [-0.39, 0.29) is 0 Å². The summed E-state index contributed by atoms with van der Waals surface area (Å²) in [5.74, 6) is 0. The van der Waals surface area contributed by atoms with Crippen molar-refractivity contribution in [3.05, 3.63) is 138 Å². The highest BCUT2D eigenvalue weighted by Gasteiger charge is 2.21. The molecular weight excluding hydrogens is 408 g/mol. The summed E-state index contributed by atoms with van der Waals surface area (Å²) in [6, 6.07) is 32.2. The minimum absolute atomic E-state index is 1.37. The van der Waals surface area contributed by atoms with Gasteiger partial charge in [0.1, 0.15) is 0 Å². The van der Waals surface area contributed by atoms with E-state index in [2.05, 4.69) is 98.8 Å². The smallest absolute Gasteiger partial charge is 0.00111 e. The number of benzene rings is 7.